The first-order chi connectivity index (χ1) is 6.29. The van der Waals surface area contributed by atoms with Crippen LogP contribution >= 0.6 is 12.6 Å². The molecule has 1 atom stereocenters. The average Bonchev–Trinajstić information content (AvgIpc) is 2.50. The van der Waals surface area contributed by atoms with Crippen molar-refractivity contribution in [3.8, 4) is 0 Å². The van der Waals surface area contributed by atoms with Crippen LogP contribution in [0.25, 0.3) is 0 Å². The van der Waals surface area contributed by atoms with Gasteiger partial charge in [0.2, 0.25) is 0 Å². The van der Waals surface area contributed by atoms with E-state index < -0.39 is 0 Å². The van der Waals surface area contributed by atoms with E-state index in [4.69, 9.17) is 12.6 Å². The van der Waals surface area contributed by atoms with Gasteiger partial charge in [-0.2, -0.15) is 12.6 Å². The average molecular weight is 198 g/mol. The molecule has 0 saturated heterocycles. The van der Waals surface area contributed by atoms with E-state index in [2.05, 4.69) is 6.92 Å². The van der Waals surface area contributed by atoms with Crippen LogP contribution in [0.15, 0.2) is 0 Å². The van der Waals surface area contributed by atoms with E-state index in [0.717, 1.165) is 5.92 Å². The van der Waals surface area contributed by atoms with Gasteiger partial charge < -0.3 is 0 Å². The number of hydrogen-bond acceptors (Lipinski definition) is 1. The molecule has 0 aromatic rings. The summed E-state index contributed by atoms with van der Waals surface area (Å²) in [6.45, 7) is 2.30. The summed E-state index contributed by atoms with van der Waals surface area (Å²) in [5, 5.41) is 0.681. The molecule has 13 heavy (non-hydrogen) atoms. The Morgan fingerprint density at radius 1 is 1.23 bits per heavy atom. The third-order valence-corrected chi connectivity index (χ3v) is 5.38. The van der Waals surface area contributed by atoms with Gasteiger partial charge in [-0.15, -0.1) is 0 Å². The molecule has 1 unspecified atom stereocenters. The van der Waals surface area contributed by atoms with Gasteiger partial charge in [0.05, 0.1) is 0 Å². The van der Waals surface area contributed by atoms with Gasteiger partial charge in [-0.3, -0.25) is 0 Å². The van der Waals surface area contributed by atoms with Crippen molar-refractivity contribution in [1.29, 1.82) is 0 Å². The van der Waals surface area contributed by atoms with Gasteiger partial charge in [0.25, 0.3) is 0 Å². The highest BCUT2D eigenvalue weighted by Crippen LogP contribution is 2.56. The van der Waals surface area contributed by atoms with Crippen LogP contribution in [0.5, 0.6) is 0 Å². The maximum Gasteiger partial charge on any atom is 0.00733 e. The standard InChI is InChI=1S/C12H22S/c1-2-11(13)12(8-3-4-9-12)10-6-5-7-10/h10-11,13H,2-9H2,1H3. The van der Waals surface area contributed by atoms with Crippen molar-refractivity contribution in [1.82, 2.24) is 0 Å². The fraction of sp³-hybridized carbons (Fsp3) is 1.00. The molecule has 0 nitrogen and oxygen atoms in total. The zero-order valence-corrected chi connectivity index (χ0v) is 9.65. The molecule has 76 valence electrons. The SMILES string of the molecule is CCC(S)C1(C2CCC2)CCCC1. The molecule has 0 aromatic heterocycles. The van der Waals surface area contributed by atoms with Gasteiger partial charge in [0, 0.05) is 5.25 Å². The topological polar surface area (TPSA) is 0 Å². The van der Waals surface area contributed by atoms with Crippen molar-refractivity contribution in [3.63, 3.8) is 0 Å². The van der Waals surface area contributed by atoms with Gasteiger partial charge in [-0.05, 0) is 43.4 Å². The Labute approximate surface area is 87.9 Å². The van der Waals surface area contributed by atoms with Crippen LogP contribution in [-0.2, 0) is 0 Å². The lowest BCUT2D eigenvalue weighted by molar-refractivity contribution is 0.0846. The summed E-state index contributed by atoms with van der Waals surface area (Å²) >= 11 is 4.84. The molecule has 0 aromatic carbocycles. The van der Waals surface area contributed by atoms with Crippen LogP contribution < -0.4 is 0 Å². The molecular weight excluding hydrogens is 176 g/mol. The molecule has 2 fully saturated rings. The minimum atomic E-state index is 0.663. The maximum absolute atomic E-state index is 4.84. The zero-order valence-electron chi connectivity index (χ0n) is 8.76. The van der Waals surface area contributed by atoms with Crippen molar-refractivity contribution in [2.75, 3.05) is 0 Å². The van der Waals surface area contributed by atoms with Crippen LogP contribution in [-0.4, -0.2) is 5.25 Å². The summed E-state index contributed by atoms with van der Waals surface area (Å²) < 4.78 is 0. The number of hydrogen-bond donors (Lipinski definition) is 1. The first-order valence-corrected chi connectivity index (χ1v) is 6.49. The molecule has 0 spiro atoms. The molecule has 0 bridgehead atoms. The minimum Gasteiger partial charge on any atom is -0.175 e. The van der Waals surface area contributed by atoms with Crippen molar-refractivity contribution in [2.45, 2.75) is 63.5 Å². The summed E-state index contributed by atoms with van der Waals surface area (Å²) in [4.78, 5) is 0. The Kier molecular flexibility index (Phi) is 2.92. The van der Waals surface area contributed by atoms with Crippen molar-refractivity contribution >= 4 is 12.6 Å². The Hall–Kier alpha value is 0.350. The summed E-state index contributed by atoms with van der Waals surface area (Å²) in [6.07, 6.45) is 11.6. The number of rotatable bonds is 3. The first-order valence-electron chi connectivity index (χ1n) is 5.97. The number of thiol groups is 1. The molecule has 2 saturated carbocycles. The second-order valence-corrected chi connectivity index (χ2v) is 5.62. The molecule has 0 aliphatic heterocycles. The molecule has 0 amide bonds. The second kappa shape index (κ2) is 3.84. The summed E-state index contributed by atoms with van der Waals surface area (Å²) in [5.41, 5.74) is 0.663. The van der Waals surface area contributed by atoms with Crippen LogP contribution in [0, 0.1) is 11.3 Å². The van der Waals surface area contributed by atoms with E-state index in [-0.39, 0.29) is 0 Å². The summed E-state index contributed by atoms with van der Waals surface area (Å²) in [5.74, 6) is 1.04. The van der Waals surface area contributed by atoms with E-state index in [1.807, 2.05) is 0 Å². The van der Waals surface area contributed by atoms with E-state index in [1.165, 1.54) is 51.4 Å². The highest BCUT2D eigenvalue weighted by atomic mass is 32.1. The van der Waals surface area contributed by atoms with Crippen molar-refractivity contribution in [3.05, 3.63) is 0 Å². The summed E-state index contributed by atoms with van der Waals surface area (Å²) in [6, 6.07) is 0. The Balaban J connectivity index is 2.09. The molecule has 1 heteroatoms. The predicted octanol–water partition coefficient (Wildman–Crippen LogP) is 4.06. The third kappa shape index (κ3) is 1.54. The van der Waals surface area contributed by atoms with E-state index in [9.17, 15) is 0 Å². The van der Waals surface area contributed by atoms with Crippen LogP contribution in [0.4, 0.5) is 0 Å². The predicted molar refractivity (Wildman–Crippen MR) is 61.3 cm³/mol. The lowest BCUT2D eigenvalue weighted by Crippen LogP contribution is -2.40. The molecule has 2 aliphatic rings. The van der Waals surface area contributed by atoms with Gasteiger partial charge in [0.1, 0.15) is 0 Å². The highest BCUT2D eigenvalue weighted by Gasteiger charge is 2.46. The van der Waals surface area contributed by atoms with Crippen LogP contribution in [0.3, 0.4) is 0 Å². The van der Waals surface area contributed by atoms with Gasteiger partial charge in [0.15, 0.2) is 0 Å². The first kappa shape index (κ1) is 9.89. The zero-order chi connectivity index (χ0) is 9.31. The maximum atomic E-state index is 4.84. The van der Waals surface area contributed by atoms with Crippen LogP contribution in [0.1, 0.15) is 58.3 Å². The largest absolute Gasteiger partial charge is 0.175 e. The van der Waals surface area contributed by atoms with Crippen molar-refractivity contribution < 1.29 is 0 Å². The molecule has 0 N–H and O–H groups in total. The quantitative estimate of drug-likeness (QED) is 0.650. The highest BCUT2D eigenvalue weighted by molar-refractivity contribution is 7.81. The molecule has 2 aliphatic carbocycles. The molecule has 0 heterocycles. The molecule has 0 radical (unpaired) electrons. The van der Waals surface area contributed by atoms with E-state index in [0.29, 0.717) is 10.7 Å². The third-order valence-electron chi connectivity index (χ3n) is 4.50. The monoisotopic (exact) mass is 198 g/mol. The smallest absolute Gasteiger partial charge is 0.00733 e. The normalized spacial score (nSPS) is 30.0. The Morgan fingerprint density at radius 3 is 2.23 bits per heavy atom. The molecule has 2 rings (SSSR count). The fourth-order valence-corrected chi connectivity index (χ4v) is 3.91. The van der Waals surface area contributed by atoms with Gasteiger partial charge in [-0.1, -0.05) is 26.2 Å². The van der Waals surface area contributed by atoms with Gasteiger partial charge in [-0.25, -0.2) is 0 Å². The lowest BCUT2D eigenvalue weighted by atomic mass is 9.62. The van der Waals surface area contributed by atoms with Gasteiger partial charge >= 0.3 is 0 Å². The van der Waals surface area contributed by atoms with E-state index in [1.54, 1.807) is 0 Å². The summed E-state index contributed by atoms with van der Waals surface area (Å²) in [7, 11) is 0. The second-order valence-electron chi connectivity index (χ2n) is 4.99. The lowest BCUT2D eigenvalue weighted by Gasteiger charge is -2.46. The minimum absolute atomic E-state index is 0.663. The Morgan fingerprint density at radius 2 is 1.85 bits per heavy atom. The fourth-order valence-electron chi connectivity index (χ4n) is 3.44. The van der Waals surface area contributed by atoms with Crippen molar-refractivity contribution in [2.24, 2.45) is 11.3 Å². The van der Waals surface area contributed by atoms with E-state index >= 15 is 0 Å². The molecular formula is C12H22S. The van der Waals surface area contributed by atoms with Crippen LogP contribution in [0.2, 0.25) is 0 Å². The Bertz CT molecular complexity index is 159.